The number of aliphatic imine (C=N–C) groups is 1. The predicted molar refractivity (Wildman–Crippen MR) is 59.2 cm³/mol. The molecule has 2 saturated heterocycles. The third-order valence-corrected chi connectivity index (χ3v) is 3.71. The van der Waals surface area contributed by atoms with Gasteiger partial charge >= 0.3 is 0 Å². The van der Waals surface area contributed by atoms with Gasteiger partial charge in [0.1, 0.15) is 12.1 Å². The molecule has 2 aliphatic rings. The van der Waals surface area contributed by atoms with Crippen LogP contribution < -0.4 is 5.32 Å². The second-order valence-electron chi connectivity index (χ2n) is 3.78. The van der Waals surface area contributed by atoms with Crippen LogP contribution in [0, 0.1) is 0 Å². The average Bonchev–Trinajstić information content (AvgIpc) is 2.69. The van der Waals surface area contributed by atoms with Gasteiger partial charge < -0.3 is 20.3 Å². The molecule has 92 valence electrons. The largest absolute Gasteiger partial charge is 0.394 e. The molecule has 2 aliphatic heterocycles. The topological polar surface area (TPSA) is 74.1 Å². The Balaban J connectivity index is 1.98. The molecular formula is C9H15FN2O3S. The number of aliphatic hydroxyl groups excluding tert-OH is 2. The van der Waals surface area contributed by atoms with Crippen molar-refractivity contribution in [2.24, 2.45) is 4.99 Å². The van der Waals surface area contributed by atoms with Gasteiger partial charge in [-0.25, -0.2) is 4.39 Å². The highest BCUT2D eigenvalue weighted by Gasteiger charge is 2.43. The molecule has 0 aliphatic carbocycles. The first kappa shape index (κ1) is 12.1. The van der Waals surface area contributed by atoms with Crippen molar-refractivity contribution >= 4 is 16.9 Å². The highest BCUT2D eigenvalue weighted by atomic mass is 32.2. The van der Waals surface area contributed by atoms with Gasteiger partial charge in [0.05, 0.1) is 31.4 Å². The quantitative estimate of drug-likeness (QED) is 0.629. The Morgan fingerprint density at radius 3 is 3.12 bits per heavy atom. The third-order valence-electron chi connectivity index (χ3n) is 2.60. The van der Waals surface area contributed by atoms with E-state index >= 15 is 0 Å². The lowest BCUT2D eigenvalue weighted by atomic mass is 10.0. The minimum Gasteiger partial charge on any atom is -0.394 e. The van der Waals surface area contributed by atoms with Crippen molar-refractivity contribution < 1.29 is 19.3 Å². The molecule has 2 rings (SSSR count). The number of hydrogen-bond acceptors (Lipinski definition) is 5. The summed E-state index contributed by atoms with van der Waals surface area (Å²) in [6, 6.07) is -0.217. The Morgan fingerprint density at radius 2 is 2.44 bits per heavy atom. The number of ether oxygens (including phenoxy) is 1. The number of alkyl halides is 1. The van der Waals surface area contributed by atoms with Gasteiger partial charge in [0, 0.05) is 6.42 Å². The van der Waals surface area contributed by atoms with Crippen LogP contribution >= 0.6 is 11.8 Å². The summed E-state index contributed by atoms with van der Waals surface area (Å²) >= 11 is 1.34. The average molecular weight is 250 g/mol. The number of nitrogens with one attached hydrogen (secondary N) is 1. The standard InChI is InChI=1S/C9H15FN2O3S/c10-1-2-11-9-12-7-6(14)3-5(4-13)15-8(7)16-9/h5-8,13-14H,1-4H2,(H,11,12). The summed E-state index contributed by atoms with van der Waals surface area (Å²) in [4.78, 5) is 3.99. The van der Waals surface area contributed by atoms with Crippen molar-refractivity contribution in [3.63, 3.8) is 0 Å². The Bertz CT molecular complexity index is 279. The molecule has 0 spiro atoms. The number of fused-ring (bicyclic) bond motifs is 1. The maximum absolute atomic E-state index is 12.0. The van der Waals surface area contributed by atoms with E-state index in [0.29, 0.717) is 11.6 Å². The van der Waals surface area contributed by atoms with Crippen LogP contribution in [0.25, 0.3) is 0 Å². The Labute approximate surface area is 97.1 Å². The van der Waals surface area contributed by atoms with Crippen molar-refractivity contribution in [2.45, 2.75) is 30.1 Å². The molecule has 5 nitrogen and oxygen atoms in total. The minimum absolute atomic E-state index is 0.0994. The zero-order chi connectivity index (χ0) is 11.5. The second-order valence-corrected chi connectivity index (χ2v) is 4.86. The van der Waals surface area contributed by atoms with E-state index in [0.717, 1.165) is 0 Å². The number of nitrogens with zero attached hydrogens (tertiary/aromatic N) is 1. The SMILES string of the molecule is OCC1CC(O)C2NC(=NCCF)SC2O1. The van der Waals surface area contributed by atoms with E-state index in [9.17, 15) is 9.50 Å². The zero-order valence-electron chi connectivity index (χ0n) is 8.67. The second kappa shape index (κ2) is 5.31. The van der Waals surface area contributed by atoms with E-state index in [2.05, 4.69) is 10.3 Å². The van der Waals surface area contributed by atoms with Gasteiger partial charge in [-0.1, -0.05) is 11.8 Å². The smallest absolute Gasteiger partial charge is 0.159 e. The summed E-state index contributed by atoms with van der Waals surface area (Å²) in [6.07, 6.45) is -0.491. The van der Waals surface area contributed by atoms with Gasteiger partial charge in [-0.3, -0.25) is 4.99 Å². The fourth-order valence-electron chi connectivity index (χ4n) is 1.82. The van der Waals surface area contributed by atoms with Crippen molar-refractivity contribution in [3.05, 3.63) is 0 Å². The summed E-state index contributed by atoms with van der Waals surface area (Å²) in [5.41, 5.74) is -0.251. The third kappa shape index (κ3) is 2.48. The summed E-state index contributed by atoms with van der Waals surface area (Å²) in [7, 11) is 0. The van der Waals surface area contributed by atoms with E-state index in [1.807, 2.05) is 0 Å². The number of halogens is 1. The van der Waals surface area contributed by atoms with Gasteiger partial charge in [0.25, 0.3) is 0 Å². The van der Waals surface area contributed by atoms with Crippen molar-refractivity contribution in [1.82, 2.24) is 5.32 Å². The molecule has 7 heteroatoms. The molecule has 0 aromatic rings. The van der Waals surface area contributed by atoms with Gasteiger partial charge in [-0.15, -0.1) is 0 Å². The molecule has 3 N–H and O–H groups in total. The zero-order valence-corrected chi connectivity index (χ0v) is 9.49. The number of amidine groups is 1. The fraction of sp³-hybridized carbons (Fsp3) is 0.889. The first-order valence-corrected chi connectivity index (χ1v) is 6.10. The van der Waals surface area contributed by atoms with E-state index in [4.69, 9.17) is 9.84 Å². The van der Waals surface area contributed by atoms with Crippen LogP contribution in [-0.4, -0.2) is 58.9 Å². The monoisotopic (exact) mass is 250 g/mol. The first-order chi connectivity index (χ1) is 7.74. The molecular weight excluding hydrogens is 235 g/mol. The summed E-state index contributed by atoms with van der Waals surface area (Å²) < 4.78 is 17.5. The number of hydrogen-bond donors (Lipinski definition) is 3. The molecule has 0 aromatic heterocycles. The van der Waals surface area contributed by atoms with E-state index in [-0.39, 0.29) is 30.7 Å². The lowest BCUT2D eigenvalue weighted by molar-refractivity contribution is -0.0913. The highest BCUT2D eigenvalue weighted by molar-refractivity contribution is 8.14. The van der Waals surface area contributed by atoms with Crippen molar-refractivity contribution in [1.29, 1.82) is 0 Å². The van der Waals surface area contributed by atoms with Crippen LogP contribution in [0.3, 0.4) is 0 Å². The lowest BCUT2D eigenvalue weighted by Gasteiger charge is -2.33. The van der Waals surface area contributed by atoms with Crippen LogP contribution in [0.4, 0.5) is 4.39 Å². The van der Waals surface area contributed by atoms with Gasteiger partial charge in [0.2, 0.25) is 0 Å². The Morgan fingerprint density at radius 1 is 1.62 bits per heavy atom. The fourth-order valence-corrected chi connectivity index (χ4v) is 3.02. The molecule has 4 unspecified atom stereocenters. The molecule has 0 saturated carbocycles. The van der Waals surface area contributed by atoms with Gasteiger partial charge in [0.15, 0.2) is 5.17 Å². The van der Waals surface area contributed by atoms with Crippen LogP contribution in [0.5, 0.6) is 0 Å². The molecule has 4 atom stereocenters. The minimum atomic E-state index is -0.568. The van der Waals surface area contributed by atoms with Crippen molar-refractivity contribution in [2.75, 3.05) is 19.8 Å². The van der Waals surface area contributed by atoms with Crippen LogP contribution in [-0.2, 0) is 4.74 Å². The molecule has 0 bridgehead atoms. The maximum Gasteiger partial charge on any atom is 0.159 e. The van der Waals surface area contributed by atoms with E-state index < -0.39 is 12.8 Å². The number of rotatable bonds is 3. The molecule has 0 radical (unpaired) electrons. The first-order valence-electron chi connectivity index (χ1n) is 5.22. The normalized spacial score (nSPS) is 40.8. The molecule has 16 heavy (non-hydrogen) atoms. The molecule has 0 aromatic carbocycles. The number of thioether (sulfide) groups is 1. The molecule has 2 heterocycles. The van der Waals surface area contributed by atoms with Crippen LogP contribution in [0.1, 0.15) is 6.42 Å². The van der Waals surface area contributed by atoms with Gasteiger partial charge in [-0.2, -0.15) is 0 Å². The highest BCUT2D eigenvalue weighted by Crippen LogP contribution is 2.33. The van der Waals surface area contributed by atoms with Crippen molar-refractivity contribution in [3.8, 4) is 0 Å². The van der Waals surface area contributed by atoms with Crippen LogP contribution in [0.2, 0.25) is 0 Å². The Kier molecular flexibility index (Phi) is 4.01. The summed E-state index contributed by atoms with van der Waals surface area (Å²) in [5.74, 6) is 0. The van der Waals surface area contributed by atoms with E-state index in [1.54, 1.807) is 0 Å². The molecule has 2 fully saturated rings. The summed E-state index contributed by atoms with van der Waals surface area (Å²) in [6.45, 7) is -0.476. The van der Waals surface area contributed by atoms with Gasteiger partial charge in [-0.05, 0) is 0 Å². The Hall–Kier alpha value is -0.370. The number of aliphatic hydroxyl groups is 2. The maximum atomic E-state index is 12.0. The summed E-state index contributed by atoms with van der Waals surface area (Å²) in [5, 5.41) is 22.4. The van der Waals surface area contributed by atoms with E-state index in [1.165, 1.54) is 11.8 Å². The molecule has 0 amide bonds. The van der Waals surface area contributed by atoms with Crippen LogP contribution in [0.15, 0.2) is 4.99 Å². The predicted octanol–water partition coefficient (Wildman–Crippen LogP) is -0.515. The lowest BCUT2D eigenvalue weighted by Crippen LogP contribution is -2.51.